The van der Waals surface area contributed by atoms with Crippen LogP contribution in [0, 0.1) is 0 Å². The van der Waals surface area contributed by atoms with E-state index in [1.165, 1.54) is 31.6 Å². The van der Waals surface area contributed by atoms with Crippen molar-refractivity contribution in [3.63, 3.8) is 0 Å². The average Bonchev–Trinajstić information content (AvgIpc) is 2.27. The number of benzene rings is 1. The van der Waals surface area contributed by atoms with Gasteiger partial charge in [0.25, 0.3) is 0 Å². The van der Waals surface area contributed by atoms with E-state index in [4.69, 9.17) is 4.74 Å². The van der Waals surface area contributed by atoms with E-state index in [0.717, 1.165) is 18.8 Å². The van der Waals surface area contributed by atoms with Crippen molar-refractivity contribution >= 4 is 0 Å². The summed E-state index contributed by atoms with van der Waals surface area (Å²) in [6.07, 6.45) is 2.50. The zero-order valence-corrected chi connectivity index (χ0v) is 11.0. The molecular weight excluding hydrogens is 210 g/mol. The lowest BCUT2D eigenvalue weighted by atomic mass is 10.0. The van der Waals surface area contributed by atoms with Crippen LogP contribution < -0.4 is 4.74 Å². The lowest BCUT2D eigenvalue weighted by Gasteiger charge is -2.30. The summed E-state index contributed by atoms with van der Waals surface area (Å²) in [5.74, 6) is 1.59. The van der Waals surface area contributed by atoms with Crippen LogP contribution in [0.5, 0.6) is 5.75 Å². The fourth-order valence-corrected chi connectivity index (χ4v) is 2.03. The maximum Gasteiger partial charge on any atom is 0.119 e. The van der Waals surface area contributed by atoms with Crippen LogP contribution in [0.2, 0.25) is 0 Å². The Morgan fingerprint density at radius 2 is 1.88 bits per heavy atom. The zero-order valence-electron chi connectivity index (χ0n) is 11.0. The van der Waals surface area contributed by atoms with Gasteiger partial charge in [-0.1, -0.05) is 26.0 Å². The van der Waals surface area contributed by atoms with Gasteiger partial charge in [0, 0.05) is 6.54 Å². The molecule has 0 aliphatic carbocycles. The van der Waals surface area contributed by atoms with Crippen molar-refractivity contribution in [3.8, 4) is 5.75 Å². The topological polar surface area (TPSA) is 12.5 Å². The van der Waals surface area contributed by atoms with Crippen LogP contribution in [0.4, 0.5) is 0 Å². The van der Waals surface area contributed by atoms with E-state index in [0.29, 0.717) is 5.92 Å². The molecule has 0 bridgehead atoms. The van der Waals surface area contributed by atoms with Crippen molar-refractivity contribution in [3.05, 3.63) is 29.8 Å². The van der Waals surface area contributed by atoms with E-state index in [2.05, 4.69) is 43.0 Å². The van der Waals surface area contributed by atoms with E-state index in [-0.39, 0.29) is 0 Å². The minimum atomic E-state index is 0.593. The highest BCUT2D eigenvalue weighted by atomic mass is 16.5. The first-order valence-electron chi connectivity index (χ1n) is 6.71. The average molecular weight is 233 g/mol. The van der Waals surface area contributed by atoms with Gasteiger partial charge < -0.3 is 9.64 Å². The van der Waals surface area contributed by atoms with Gasteiger partial charge in [0.05, 0.1) is 6.61 Å². The quantitative estimate of drug-likeness (QED) is 0.699. The molecule has 0 radical (unpaired) electrons. The van der Waals surface area contributed by atoms with Crippen LogP contribution in [0.15, 0.2) is 24.3 Å². The molecule has 94 valence electrons. The smallest absolute Gasteiger partial charge is 0.119 e. The normalized spacial score (nSPS) is 15.9. The van der Waals surface area contributed by atoms with E-state index < -0.39 is 0 Å². The van der Waals surface area contributed by atoms with Gasteiger partial charge in [0.2, 0.25) is 0 Å². The number of nitrogens with zero attached hydrogens (tertiary/aromatic N) is 1. The van der Waals surface area contributed by atoms with Gasteiger partial charge in [-0.05, 0) is 49.5 Å². The van der Waals surface area contributed by atoms with Crippen molar-refractivity contribution < 1.29 is 4.74 Å². The summed E-state index contributed by atoms with van der Waals surface area (Å²) in [7, 11) is 0. The SMILES string of the molecule is CC(C)c1ccc(OCCCN2CCC2)cc1. The molecule has 2 rings (SSSR count). The molecule has 1 aromatic carbocycles. The number of ether oxygens (including phenoxy) is 1. The Hall–Kier alpha value is -1.02. The largest absolute Gasteiger partial charge is 0.494 e. The first kappa shape index (κ1) is 12.4. The summed E-state index contributed by atoms with van der Waals surface area (Å²) in [4.78, 5) is 2.48. The Bertz CT molecular complexity index is 327. The molecule has 17 heavy (non-hydrogen) atoms. The van der Waals surface area contributed by atoms with E-state index in [1.807, 2.05) is 0 Å². The second-order valence-electron chi connectivity index (χ2n) is 5.12. The summed E-state index contributed by atoms with van der Waals surface area (Å²) in [5.41, 5.74) is 1.37. The van der Waals surface area contributed by atoms with Gasteiger partial charge in [-0.25, -0.2) is 0 Å². The molecule has 0 spiro atoms. The van der Waals surface area contributed by atoms with Crippen molar-refractivity contribution in [2.45, 2.75) is 32.6 Å². The molecular formula is C15H23NO. The molecule has 2 nitrogen and oxygen atoms in total. The van der Waals surface area contributed by atoms with Gasteiger partial charge in [0.1, 0.15) is 5.75 Å². The minimum Gasteiger partial charge on any atom is -0.494 e. The molecule has 1 saturated heterocycles. The van der Waals surface area contributed by atoms with Crippen molar-refractivity contribution in [2.75, 3.05) is 26.2 Å². The molecule has 1 aromatic rings. The maximum atomic E-state index is 5.73. The third kappa shape index (κ3) is 3.74. The molecule has 0 saturated carbocycles. The zero-order chi connectivity index (χ0) is 12.1. The molecule has 1 heterocycles. The van der Waals surface area contributed by atoms with Crippen LogP contribution in [0.25, 0.3) is 0 Å². The molecule has 1 fully saturated rings. The number of rotatable bonds is 6. The molecule has 1 aliphatic heterocycles. The number of likely N-dealkylation sites (tertiary alicyclic amines) is 1. The Labute approximate surface area is 105 Å². The summed E-state index contributed by atoms with van der Waals surface area (Å²) >= 11 is 0. The standard InChI is InChI=1S/C15H23NO/c1-13(2)14-5-7-15(8-6-14)17-12-4-11-16-9-3-10-16/h5-8,13H,3-4,9-12H2,1-2H3. The van der Waals surface area contributed by atoms with Gasteiger partial charge >= 0.3 is 0 Å². The molecule has 0 amide bonds. The van der Waals surface area contributed by atoms with Crippen molar-refractivity contribution in [2.24, 2.45) is 0 Å². The minimum absolute atomic E-state index is 0.593. The first-order chi connectivity index (χ1) is 8.25. The van der Waals surface area contributed by atoms with Crippen LogP contribution in [0.3, 0.4) is 0 Å². The van der Waals surface area contributed by atoms with E-state index in [9.17, 15) is 0 Å². The summed E-state index contributed by atoms with van der Waals surface area (Å²) in [6, 6.07) is 8.49. The fraction of sp³-hybridized carbons (Fsp3) is 0.600. The van der Waals surface area contributed by atoms with Gasteiger partial charge in [0.15, 0.2) is 0 Å². The molecule has 0 N–H and O–H groups in total. The Morgan fingerprint density at radius 3 is 2.41 bits per heavy atom. The van der Waals surface area contributed by atoms with E-state index >= 15 is 0 Å². The monoisotopic (exact) mass is 233 g/mol. The van der Waals surface area contributed by atoms with Gasteiger partial charge in [-0.15, -0.1) is 0 Å². The molecule has 0 aromatic heterocycles. The van der Waals surface area contributed by atoms with Crippen LogP contribution >= 0.6 is 0 Å². The summed E-state index contributed by atoms with van der Waals surface area (Å²) in [5, 5.41) is 0. The highest BCUT2D eigenvalue weighted by molar-refractivity contribution is 5.28. The van der Waals surface area contributed by atoms with Crippen LogP contribution in [-0.2, 0) is 0 Å². The molecule has 0 atom stereocenters. The number of hydrogen-bond donors (Lipinski definition) is 0. The second kappa shape index (κ2) is 6.06. The third-order valence-electron chi connectivity index (χ3n) is 3.38. The third-order valence-corrected chi connectivity index (χ3v) is 3.38. The fourth-order valence-electron chi connectivity index (χ4n) is 2.03. The van der Waals surface area contributed by atoms with Gasteiger partial charge in [-0.2, -0.15) is 0 Å². The van der Waals surface area contributed by atoms with E-state index in [1.54, 1.807) is 0 Å². The first-order valence-corrected chi connectivity index (χ1v) is 6.71. The van der Waals surface area contributed by atoms with Gasteiger partial charge in [-0.3, -0.25) is 0 Å². The number of hydrogen-bond acceptors (Lipinski definition) is 2. The highest BCUT2D eigenvalue weighted by Gasteiger charge is 2.12. The predicted molar refractivity (Wildman–Crippen MR) is 71.7 cm³/mol. The highest BCUT2D eigenvalue weighted by Crippen LogP contribution is 2.18. The van der Waals surface area contributed by atoms with Crippen molar-refractivity contribution in [1.29, 1.82) is 0 Å². The second-order valence-corrected chi connectivity index (χ2v) is 5.12. The lowest BCUT2D eigenvalue weighted by Crippen LogP contribution is -2.38. The lowest BCUT2D eigenvalue weighted by molar-refractivity contribution is 0.165. The molecule has 1 aliphatic rings. The van der Waals surface area contributed by atoms with Crippen molar-refractivity contribution in [1.82, 2.24) is 4.90 Å². The summed E-state index contributed by atoms with van der Waals surface area (Å²) in [6.45, 7) is 9.00. The predicted octanol–water partition coefficient (Wildman–Crippen LogP) is 3.28. The summed E-state index contributed by atoms with van der Waals surface area (Å²) < 4.78 is 5.73. The molecule has 2 heteroatoms. The van der Waals surface area contributed by atoms with Crippen LogP contribution in [0.1, 0.15) is 38.2 Å². The Kier molecular flexibility index (Phi) is 4.43. The molecule has 0 unspecified atom stereocenters. The van der Waals surface area contributed by atoms with Crippen LogP contribution in [-0.4, -0.2) is 31.1 Å². The maximum absolute atomic E-state index is 5.73. The Balaban J connectivity index is 1.67. The Morgan fingerprint density at radius 1 is 1.18 bits per heavy atom.